The largest absolute Gasteiger partial charge is 0.320 e. The van der Waals surface area contributed by atoms with Crippen LogP contribution in [-0.2, 0) is 14.8 Å². The van der Waals surface area contributed by atoms with Crippen LogP contribution in [0.5, 0.6) is 0 Å². The van der Waals surface area contributed by atoms with Gasteiger partial charge in [0.1, 0.15) is 0 Å². The van der Waals surface area contributed by atoms with Gasteiger partial charge in [-0.15, -0.1) is 0 Å². The van der Waals surface area contributed by atoms with Gasteiger partial charge in [0.15, 0.2) is 5.83 Å². The highest BCUT2D eigenvalue weighted by Gasteiger charge is 2.16. The van der Waals surface area contributed by atoms with Gasteiger partial charge in [-0.2, -0.15) is 0 Å². The highest BCUT2D eigenvalue weighted by molar-refractivity contribution is 7.89. The summed E-state index contributed by atoms with van der Waals surface area (Å²) >= 11 is 0. The maximum Gasteiger partial charge on any atom is 0.284 e. The van der Waals surface area contributed by atoms with Gasteiger partial charge >= 0.3 is 0 Å². The van der Waals surface area contributed by atoms with Gasteiger partial charge in [0.05, 0.1) is 4.90 Å². The number of halogens is 1. The third kappa shape index (κ3) is 4.82. The SMILES string of the molecule is C/C(=C(\F)C(=O)Nc1ccc(-c2ccccc2S(N)(=O)=O)cc1)c1cccc(C)c1. The number of nitrogens with one attached hydrogen (secondary N) is 1. The number of primary sulfonamides is 1. The molecule has 0 fully saturated rings. The van der Waals surface area contributed by atoms with Gasteiger partial charge in [0.25, 0.3) is 5.91 Å². The van der Waals surface area contributed by atoms with Crippen molar-refractivity contribution in [2.75, 3.05) is 5.32 Å². The number of hydrogen-bond acceptors (Lipinski definition) is 3. The summed E-state index contributed by atoms with van der Waals surface area (Å²) in [4.78, 5) is 12.3. The molecule has 3 aromatic carbocycles. The smallest absolute Gasteiger partial charge is 0.284 e. The summed E-state index contributed by atoms with van der Waals surface area (Å²) in [5.41, 5.74) is 3.27. The van der Waals surface area contributed by atoms with E-state index in [1.807, 2.05) is 13.0 Å². The van der Waals surface area contributed by atoms with Gasteiger partial charge in [-0.3, -0.25) is 4.79 Å². The molecule has 0 aliphatic rings. The Balaban J connectivity index is 1.83. The number of sulfonamides is 1. The molecule has 154 valence electrons. The molecular weight excluding hydrogens is 403 g/mol. The van der Waals surface area contributed by atoms with Crippen LogP contribution in [0.25, 0.3) is 16.7 Å². The Labute approximate surface area is 175 Å². The predicted molar refractivity (Wildman–Crippen MR) is 117 cm³/mol. The Morgan fingerprint density at radius 3 is 2.27 bits per heavy atom. The monoisotopic (exact) mass is 424 g/mol. The minimum Gasteiger partial charge on any atom is -0.320 e. The number of allylic oxidation sites excluding steroid dienone is 1. The molecule has 5 nitrogen and oxygen atoms in total. The average molecular weight is 424 g/mol. The van der Waals surface area contributed by atoms with E-state index in [1.165, 1.54) is 6.07 Å². The summed E-state index contributed by atoms with van der Waals surface area (Å²) in [6.07, 6.45) is 0. The molecule has 0 heterocycles. The van der Waals surface area contributed by atoms with E-state index in [-0.39, 0.29) is 10.5 Å². The van der Waals surface area contributed by atoms with E-state index in [2.05, 4.69) is 5.32 Å². The highest BCUT2D eigenvalue weighted by Crippen LogP contribution is 2.28. The van der Waals surface area contributed by atoms with Crippen molar-refractivity contribution in [2.24, 2.45) is 5.14 Å². The molecular formula is C23H21FN2O3S. The molecule has 0 spiro atoms. The lowest BCUT2D eigenvalue weighted by molar-refractivity contribution is -0.114. The Morgan fingerprint density at radius 2 is 1.63 bits per heavy atom. The first-order valence-electron chi connectivity index (χ1n) is 9.14. The van der Waals surface area contributed by atoms with Crippen LogP contribution in [0.4, 0.5) is 10.1 Å². The van der Waals surface area contributed by atoms with Crippen LogP contribution >= 0.6 is 0 Å². The Kier molecular flexibility index (Phi) is 6.14. The van der Waals surface area contributed by atoms with Crippen LogP contribution in [0.15, 0.2) is 83.5 Å². The van der Waals surface area contributed by atoms with Crippen LogP contribution < -0.4 is 10.5 Å². The molecule has 1 amide bonds. The van der Waals surface area contributed by atoms with Crippen LogP contribution in [0.3, 0.4) is 0 Å². The van der Waals surface area contributed by atoms with Gasteiger partial charge in [-0.25, -0.2) is 17.9 Å². The van der Waals surface area contributed by atoms with Crippen molar-refractivity contribution in [3.63, 3.8) is 0 Å². The fraction of sp³-hybridized carbons (Fsp3) is 0.0870. The van der Waals surface area contributed by atoms with Gasteiger partial charge in [0.2, 0.25) is 10.0 Å². The number of carbonyl (C=O) groups excluding carboxylic acids is 1. The maximum atomic E-state index is 14.6. The van der Waals surface area contributed by atoms with Crippen LogP contribution in [0.2, 0.25) is 0 Å². The van der Waals surface area contributed by atoms with E-state index < -0.39 is 21.8 Å². The van der Waals surface area contributed by atoms with Crippen molar-refractivity contribution in [2.45, 2.75) is 18.7 Å². The van der Waals surface area contributed by atoms with Crippen molar-refractivity contribution in [3.8, 4) is 11.1 Å². The van der Waals surface area contributed by atoms with Crippen molar-refractivity contribution >= 4 is 27.2 Å². The third-order valence-electron chi connectivity index (χ3n) is 4.63. The number of amides is 1. The van der Waals surface area contributed by atoms with Crippen LogP contribution in [0, 0.1) is 6.92 Å². The number of anilines is 1. The normalized spacial score (nSPS) is 12.3. The van der Waals surface area contributed by atoms with E-state index >= 15 is 0 Å². The van der Waals surface area contributed by atoms with E-state index in [1.54, 1.807) is 67.6 Å². The molecule has 3 rings (SSSR count). The molecule has 0 bridgehead atoms. The zero-order chi connectivity index (χ0) is 21.9. The second-order valence-corrected chi connectivity index (χ2v) is 8.41. The second kappa shape index (κ2) is 8.61. The number of rotatable bonds is 5. The summed E-state index contributed by atoms with van der Waals surface area (Å²) in [5.74, 6) is -1.73. The molecule has 3 N–H and O–H groups in total. The topological polar surface area (TPSA) is 89.3 Å². The van der Waals surface area contributed by atoms with Crippen molar-refractivity contribution < 1.29 is 17.6 Å². The molecule has 0 atom stereocenters. The lowest BCUT2D eigenvalue weighted by Crippen LogP contribution is -2.13. The van der Waals surface area contributed by atoms with Crippen LogP contribution in [0.1, 0.15) is 18.1 Å². The molecule has 0 saturated carbocycles. The first-order valence-corrected chi connectivity index (χ1v) is 10.7. The molecule has 30 heavy (non-hydrogen) atoms. The molecule has 0 aliphatic heterocycles. The number of carbonyl (C=O) groups is 1. The lowest BCUT2D eigenvalue weighted by Gasteiger charge is -2.10. The molecule has 0 aromatic heterocycles. The maximum absolute atomic E-state index is 14.6. The molecule has 0 saturated heterocycles. The van der Waals surface area contributed by atoms with Gasteiger partial charge < -0.3 is 5.32 Å². The summed E-state index contributed by atoms with van der Waals surface area (Å²) in [7, 11) is -3.89. The second-order valence-electron chi connectivity index (χ2n) is 6.88. The zero-order valence-corrected chi connectivity index (χ0v) is 17.3. The van der Waals surface area contributed by atoms with Gasteiger partial charge in [-0.1, -0.05) is 60.2 Å². The molecule has 3 aromatic rings. The van der Waals surface area contributed by atoms with Crippen molar-refractivity contribution in [1.82, 2.24) is 0 Å². The van der Waals surface area contributed by atoms with E-state index in [9.17, 15) is 17.6 Å². The van der Waals surface area contributed by atoms with Gasteiger partial charge in [0, 0.05) is 11.3 Å². The minimum absolute atomic E-state index is 0.00421. The summed E-state index contributed by atoms with van der Waals surface area (Å²) < 4.78 is 38.2. The minimum atomic E-state index is -3.89. The predicted octanol–water partition coefficient (Wildman–Crippen LogP) is 4.65. The number of aryl methyl sites for hydroxylation is 1. The Bertz CT molecular complexity index is 1230. The number of benzene rings is 3. The van der Waals surface area contributed by atoms with E-state index in [0.717, 1.165) is 5.56 Å². The van der Waals surface area contributed by atoms with E-state index in [0.29, 0.717) is 22.4 Å². The third-order valence-corrected chi connectivity index (χ3v) is 5.60. The van der Waals surface area contributed by atoms with Crippen LogP contribution in [-0.4, -0.2) is 14.3 Å². The summed E-state index contributed by atoms with van der Waals surface area (Å²) in [5, 5.41) is 7.79. The number of nitrogens with two attached hydrogens (primary N) is 1. The highest BCUT2D eigenvalue weighted by atomic mass is 32.2. The summed E-state index contributed by atoms with van der Waals surface area (Å²) in [6.45, 7) is 3.45. The fourth-order valence-electron chi connectivity index (χ4n) is 3.05. The molecule has 7 heteroatoms. The number of hydrogen-bond donors (Lipinski definition) is 2. The van der Waals surface area contributed by atoms with Crippen molar-refractivity contribution in [1.29, 1.82) is 0 Å². The molecule has 0 radical (unpaired) electrons. The quantitative estimate of drug-likeness (QED) is 0.584. The molecule has 0 aliphatic carbocycles. The Hall–Kier alpha value is -3.29. The lowest BCUT2D eigenvalue weighted by atomic mass is 10.0. The van der Waals surface area contributed by atoms with Crippen molar-refractivity contribution in [3.05, 3.63) is 89.8 Å². The first-order chi connectivity index (χ1) is 14.2. The Morgan fingerprint density at radius 1 is 0.967 bits per heavy atom. The molecule has 0 unspecified atom stereocenters. The first kappa shape index (κ1) is 21.4. The summed E-state index contributed by atoms with van der Waals surface area (Å²) in [6, 6.07) is 20.0. The average Bonchev–Trinajstić information content (AvgIpc) is 2.72. The fourth-order valence-corrected chi connectivity index (χ4v) is 3.81. The standard InChI is InChI=1S/C23H21FN2O3S/c1-15-6-5-7-18(14-15)16(2)22(24)23(27)26-19-12-10-17(11-13-19)20-8-3-4-9-21(20)30(25,28)29/h3-14H,1-2H3,(H,26,27)(H2,25,28,29)/b22-16+. The zero-order valence-electron chi connectivity index (χ0n) is 16.5. The van der Waals surface area contributed by atoms with Gasteiger partial charge in [-0.05, 0) is 48.7 Å². The van der Waals surface area contributed by atoms with E-state index in [4.69, 9.17) is 5.14 Å².